The minimum atomic E-state index is -0.634. The maximum atomic E-state index is 11.5. The van der Waals surface area contributed by atoms with Gasteiger partial charge >= 0.3 is 6.09 Å². The number of hydrogen-bond donors (Lipinski definition) is 0. The number of anilines is 1. The van der Waals surface area contributed by atoms with Gasteiger partial charge in [0.2, 0.25) is 0 Å². The first-order chi connectivity index (χ1) is 8.08. The summed E-state index contributed by atoms with van der Waals surface area (Å²) < 4.78 is 4.60. The Kier molecular flexibility index (Phi) is 5.25. The van der Waals surface area contributed by atoms with Gasteiger partial charge in [-0.05, 0) is 18.2 Å². The molecule has 0 aliphatic heterocycles. The van der Waals surface area contributed by atoms with Crippen molar-refractivity contribution in [3.63, 3.8) is 0 Å². The number of methoxy groups -OCH3 is 1. The van der Waals surface area contributed by atoms with Crippen LogP contribution in [0.3, 0.4) is 0 Å². The van der Waals surface area contributed by atoms with E-state index in [0.717, 1.165) is 0 Å². The highest BCUT2D eigenvalue weighted by molar-refractivity contribution is 6.31. The molecule has 4 nitrogen and oxygen atoms in total. The van der Waals surface area contributed by atoms with Crippen molar-refractivity contribution >= 4 is 40.8 Å². The van der Waals surface area contributed by atoms with E-state index < -0.39 is 6.09 Å². The summed E-state index contributed by atoms with van der Waals surface area (Å²) in [5.41, 5.74) is 0.489. The summed E-state index contributed by atoms with van der Waals surface area (Å²) in [7, 11) is 1.24. The first-order valence-electron chi connectivity index (χ1n) is 4.77. The third-order valence-electron chi connectivity index (χ3n) is 2.00. The van der Waals surface area contributed by atoms with Gasteiger partial charge < -0.3 is 4.74 Å². The average Bonchev–Trinajstić information content (AvgIpc) is 2.34. The number of rotatable bonds is 4. The molecule has 6 heteroatoms. The molecule has 92 valence electrons. The SMILES string of the molecule is COC(=O)N(CC(=O)CCl)c1cccc(Cl)c1. The van der Waals surface area contributed by atoms with Crippen molar-refractivity contribution < 1.29 is 14.3 Å². The number of halogens is 2. The molecule has 0 radical (unpaired) electrons. The predicted octanol–water partition coefficient (Wildman–Crippen LogP) is 2.72. The molecule has 1 aromatic rings. The minimum Gasteiger partial charge on any atom is -0.452 e. The van der Waals surface area contributed by atoms with Gasteiger partial charge in [0.1, 0.15) is 0 Å². The summed E-state index contributed by atoms with van der Waals surface area (Å²) in [4.78, 5) is 24.0. The van der Waals surface area contributed by atoms with Gasteiger partial charge in [-0.15, -0.1) is 11.6 Å². The molecule has 0 aliphatic carbocycles. The van der Waals surface area contributed by atoms with Crippen molar-refractivity contribution in [3.8, 4) is 0 Å². The van der Waals surface area contributed by atoms with Gasteiger partial charge in [0.15, 0.2) is 5.78 Å². The molecule has 0 fully saturated rings. The monoisotopic (exact) mass is 275 g/mol. The number of nitrogens with zero attached hydrogens (tertiary/aromatic N) is 1. The van der Waals surface area contributed by atoms with Gasteiger partial charge in [-0.3, -0.25) is 9.69 Å². The van der Waals surface area contributed by atoms with Crippen LogP contribution in [0, 0.1) is 0 Å². The fourth-order valence-corrected chi connectivity index (χ4v) is 1.50. The predicted molar refractivity (Wildman–Crippen MR) is 66.9 cm³/mol. The summed E-state index contributed by atoms with van der Waals surface area (Å²) >= 11 is 11.2. The lowest BCUT2D eigenvalue weighted by atomic mass is 10.3. The smallest absolute Gasteiger partial charge is 0.414 e. The first-order valence-corrected chi connectivity index (χ1v) is 5.68. The molecular weight excluding hydrogens is 265 g/mol. The van der Waals surface area contributed by atoms with E-state index in [1.54, 1.807) is 24.3 Å². The average molecular weight is 276 g/mol. The highest BCUT2D eigenvalue weighted by Gasteiger charge is 2.19. The maximum absolute atomic E-state index is 11.5. The molecule has 0 aromatic heterocycles. The second-order valence-corrected chi connectivity index (χ2v) is 3.91. The van der Waals surface area contributed by atoms with Crippen LogP contribution in [0.2, 0.25) is 5.02 Å². The summed E-state index contributed by atoms with van der Waals surface area (Å²) in [5, 5.41) is 0.467. The highest BCUT2D eigenvalue weighted by Crippen LogP contribution is 2.20. The Bertz CT molecular complexity index is 423. The number of benzene rings is 1. The Morgan fingerprint density at radius 3 is 2.65 bits per heavy atom. The number of carbonyl (C=O) groups excluding carboxylic acids is 2. The molecule has 0 N–H and O–H groups in total. The van der Waals surface area contributed by atoms with E-state index in [1.807, 2.05) is 0 Å². The van der Waals surface area contributed by atoms with Crippen molar-refractivity contribution in [3.05, 3.63) is 29.3 Å². The Morgan fingerprint density at radius 2 is 2.12 bits per heavy atom. The summed E-state index contributed by atoms with van der Waals surface area (Å²) in [6.07, 6.45) is -0.634. The van der Waals surface area contributed by atoms with E-state index in [0.29, 0.717) is 10.7 Å². The Morgan fingerprint density at radius 1 is 1.41 bits per heavy atom. The van der Waals surface area contributed by atoms with E-state index >= 15 is 0 Å². The van der Waals surface area contributed by atoms with E-state index in [9.17, 15) is 9.59 Å². The molecule has 0 heterocycles. The molecule has 1 aromatic carbocycles. The molecule has 0 aliphatic rings. The number of ketones is 1. The van der Waals surface area contributed by atoms with Crippen LogP contribution in [0.4, 0.5) is 10.5 Å². The molecule has 0 unspecified atom stereocenters. The molecule has 0 saturated carbocycles. The van der Waals surface area contributed by atoms with Crippen molar-refractivity contribution in [2.24, 2.45) is 0 Å². The Hall–Kier alpha value is -1.26. The second kappa shape index (κ2) is 6.47. The molecule has 1 rings (SSSR count). The van der Waals surface area contributed by atoms with Crippen LogP contribution in [0.25, 0.3) is 0 Å². The number of hydrogen-bond acceptors (Lipinski definition) is 3. The number of alkyl halides is 1. The molecule has 17 heavy (non-hydrogen) atoms. The van der Waals surface area contributed by atoms with Gasteiger partial charge in [-0.1, -0.05) is 17.7 Å². The maximum Gasteiger partial charge on any atom is 0.414 e. The third-order valence-corrected chi connectivity index (χ3v) is 2.53. The summed E-state index contributed by atoms with van der Waals surface area (Å²) in [6.45, 7) is -0.142. The molecule has 1 amide bonds. The zero-order valence-electron chi connectivity index (χ0n) is 9.15. The largest absolute Gasteiger partial charge is 0.452 e. The Balaban J connectivity index is 2.97. The number of ether oxygens (including phenoxy) is 1. The van der Waals surface area contributed by atoms with Gasteiger partial charge in [-0.2, -0.15) is 0 Å². The zero-order chi connectivity index (χ0) is 12.8. The van der Waals surface area contributed by atoms with Crippen LogP contribution in [0.15, 0.2) is 24.3 Å². The molecule has 0 saturated heterocycles. The van der Waals surface area contributed by atoms with E-state index in [4.69, 9.17) is 23.2 Å². The number of Topliss-reactive ketones (excluding diaryl/α,β-unsaturated/α-hetero) is 1. The van der Waals surface area contributed by atoms with E-state index in [2.05, 4.69) is 4.74 Å². The summed E-state index contributed by atoms with van der Waals surface area (Å²) in [6, 6.07) is 6.58. The topological polar surface area (TPSA) is 46.6 Å². The van der Waals surface area contributed by atoms with Crippen molar-refractivity contribution in [1.82, 2.24) is 0 Å². The van der Waals surface area contributed by atoms with Gasteiger partial charge in [0.25, 0.3) is 0 Å². The van der Waals surface area contributed by atoms with Crippen LogP contribution in [0.5, 0.6) is 0 Å². The summed E-state index contributed by atoms with van der Waals surface area (Å²) in [5.74, 6) is -0.439. The van der Waals surface area contributed by atoms with Gasteiger partial charge in [-0.25, -0.2) is 4.79 Å². The highest BCUT2D eigenvalue weighted by atomic mass is 35.5. The molecule has 0 bridgehead atoms. The van der Waals surface area contributed by atoms with Gasteiger partial charge in [0, 0.05) is 10.7 Å². The minimum absolute atomic E-state index is 0.142. The second-order valence-electron chi connectivity index (χ2n) is 3.21. The fraction of sp³-hybridized carbons (Fsp3) is 0.273. The lowest BCUT2D eigenvalue weighted by Crippen LogP contribution is -2.36. The van der Waals surface area contributed by atoms with Crippen LogP contribution >= 0.6 is 23.2 Å². The van der Waals surface area contributed by atoms with Crippen molar-refractivity contribution in [1.29, 1.82) is 0 Å². The standard InChI is InChI=1S/C11H11Cl2NO3/c1-17-11(16)14(7-10(15)6-12)9-4-2-3-8(13)5-9/h2-5H,6-7H2,1H3. The first kappa shape index (κ1) is 13.8. The van der Waals surface area contributed by atoms with Crippen LogP contribution < -0.4 is 4.90 Å². The van der Waals surface area contributed by atoms with Crippen LogP contribution in [-0.2, 0) is 9.53 Å². The molecule has 0 spiro atoms. The van der Waals surface area contributed by atoms with Crippen molar-refractivity contribution in [2.45, 2.75) is 0 Å². The van der Waals surface area contributed by atoms with Crippen LogP contribution in [0.1, 0.15) is 0 Å². The quantitative estimate of drug-likeness (QED) is 0.794. The van der Waals surface area contributed by atoms with Crippen molar-refractivity contribution in [2.75, 3.05) is 24.4 Å². The normalized spacial score (nSPS) is 9.82. The molecule has 0 atom stereocenters. The molecular formula is C11H11Cl2NO3. The Labute approximate surface area is 109 Å². The third kappa shape index (κ3) is 3.91. The van der Waals surface area contributed by atoms with E-state index in [1.165, 1.54) is 12.0 Å². The fourth-order valence-electron chi connectivity index (χ4n) is 1.23. The number of carbonyl (C=O) groups is 2. The number of amides is 1. The van der Waals surface area contributed by atoms with Crippen LogP contribution in [-0.4, -0.2) is 31.4 Å². The lowest BCUT2D eigenvalue weighted by Gasteiger charge is -2.20. The van der Waals surface area contributed by atoms with Gasteiger partial charge in [0.05, 0.1) is 19.5 Å². The van der Waals surface area contributed by atoms with E-state index in [-0.39, 0.29) is 18.2 Å². The lowest BCUT2D eigenvalue weighted by molar-refractivity contribution is -0.115. The zero-order valence-corrected chi connectivity index (χ0v) is 10.7.